The first-order valence-corrected chi connectivity index (χ1v) is 8.25. The summed E-state index contributed by atoms with van der Waals surface area (Å²) in [7, 11) is 0. The minimum atomic E-state index is -0.519. The van der Waals surface area contributed by atoms with Crippen molar-refractivity contribution in [3.05, 3.63) is 0 Å². The smallest absolute Gasteiger partial charge is 0.249 e. The van der Waals surface area contributed by atoms with Crippen LogP contribution >= 0.6 is 11.6 Å². The van der Waals surface area contributed by atoms with Crippen LogP contribution in [0.25, 0.3) is 0 Å². The zero-order chi connectivity index (χ0) is 15.5. The van der Waals surface area contributed by atoms with Crippen molar-refractivity contribution in [3.8, 4) is 0 Å². The first kappa shape index (κ1) is 16.6. The second-order valence-corrected chi connectivity index (χ2v) is 6.86. The summed E-state index contributed by atoms with van der Waals surface area (Å²) in [6.45, 7) is 5.77. The highest BCUT2D eigenvalue weighted by Crippen LogP contribution is 2.23. The summed E-state index contributed by atoms with van der Waals surface area (Å²) in [5.74, 6) is 0.418. The van der Waals surface area contributed by atoms with Gasteiger partial charge in [0.15, 0.2) is 0 Å². The summed E-state index contributed by atoms with van der Waals surface area (Å²) in [4.78, 5) is 26.2. The molecule has 1 atom stereocenters. The number of alkyl halides is 1. The average molecular weight is 317 g/mol. The zero-order valence-corrected chi connectivity index (χ0v) is 13.6. The Morgan fingerprint density at radius 3 is 2.48 bits per heavy atom. The van der Waals surface area contributed by atoms with Gasteiger partial charge in [-0.05, 0) is 39.5 Å². The Hall–Kier alpha value is -0.810. The van der Waals surface area contributed by atoms with Gasteiger partial charge in [0.05, 0.1) is 5.41 Å². The molecule has 0 saturated carbocycles. The predicted octanol–water partition coefficient (Wildman–Crippen LogP) is 1.54. The molecule has 5 nitrogen and oxygen atoms in total. The van der Waals surface area contributed by atoms with Gasteiger partial charge in [-0.25, -0.2) is 0 Å². The molecule has 2 rings (SSSR count). The molecule has 120 valence electrons. The minimum absolute atomic E-state index is 0.00151. The molecule has 0 bridgehead atoms. The lowest BCUT2D eigenvalue weighted by Crippen LogP contribution is -2.51. The van der Waals surface area contributed by atoms with E-state index >= 15 is 0 Å². The fourth-order valence-corrected chi connectivity index (χ4v) is 2.90. The van der Waals surface area contributed by atoms with Gasteiger partial charge in [0.1, 0.15) is 6.10 Å². The van der Waals surface area contributed by atoms with Gasteiger partial charge >= 0.3 is 0 Å². The van der Waals surface area contributed by atoms with Crippen molar-refractivity contribution in [3.63, 3.8) is 0 Å². The molecule has 0 spiro atoms. The van der Waals surface area contributed by atoms with E-state index in [9.17, 15) is 9.59 Å². The van der Waals surface area contributed by atoms with Crippen LogP contribution in [0.3, 0.4) is 0 Å². The summed E-state index contributed by atoms with van der Waals surface area (Å²) in [5, 5.41) is 3.05. The molecule has 2 aliphatic heterocycles. The van der Waals surface area contributed by atoms with E-state index in [-0.39, 0.29) is 24.0 Å². The molecule has 1 N–H and O–H groups in total. The van der Waals surface area contributed by atoms with Gasteiger partial charge < -0.3 is 15.0 Å². The Bertz CT molecular complexity index is 386. The van der Waals surface area contributed by atoms with Crippen LogP contribution in [-0.2, 0) is 14.3 Å². The number of carbonyl (C=O) groups is 2. The largest absolute Gasteiger partial charge is 0.368 e. The highest BCUT2D eigenvalue weighted by Gasteiger charge is 2.34. The van der Waals surface area contributed by atoms with Crippen molar-refractivity contribution in [2.45, 2.75) is 51.7 Å². The van der Waals surface area contributed by atoms with Crippen LogP contribution in [0.2, 0.25) is 0 Å². The van der Waals surface area contributed by atoms with Gasteiger partial charge in [-0.2, -0.15) is 0 Å². The number of halogens is 1. The maximum atomic E-state index is 12.3. The topological polar surface area (TPSA) is 58.6 Å². The van der Waals surface area contributed by atoms with Crippen LogP contribution in [0.4, 0.5) is 0 Å². The highest BCUT2D eigenvalue weighted by atomic mass is 35.5. The van der Waals surface area contributed by atoms with Crippen LogP contribution in [0, 0.1) is 5.41 Å². The summed E-state index contributed by atoms with van der Waals surface area (Å²) in [5.41, 5.74) is -0.519. The molecule has 2 aliphatic rings. The van der Waals surface area contributed by atoms with E-state index in [1.165, 1.54) is 0 Å². The fraction of sp³-hybridized carbons (Fsp3) is 0.867. The number of hydrogen-bond donors (Lipinski definition) is 1. The normalized spacial score (nSPS) is 24.1. The number of piperidine rings is 1. The molecule has 2 heterocycles. The SMILES string of the molecule is CC(C)(CCl)C(=O)N1CCC(NC(=O)C2CCCO2)CC1. The van der Waals surface area contributed by atoms with E-state index in [1.807, 2.05) is 18.7 Å². The zero-order valence-electron chi connectivity index (χ0n) is 12.9. The molecule has 2 amide bonds. The number of nitrogens with zero attached hydrogens (tertiary/aromatic N) is 1. The molecule has 0 aliphatic carbocycles. The lowest BCUT2D eigenvalue weighted by Gasteiger charge is -2.36. The van der Waals surface area contributed by atoms with E-state index in [0.29, 0.717) is 25.6 Å². The maximum absolute atomic E-state index is 12.3. The minimum Gasteiger partial charge on any atom is -0.368 e. The number of rotatable bonds is 4. The van der Waals surface area contributed by atoms with Crippen molar-refractivity contribution >= 4 is 23.4 Å². The van der Waals surface area contributed by atoms with Gasteiger partial charge in [-0.15, -0.1) is 11.6 Å². The van der Waals surface area contributed by atoms with Gasteiger partial charge in [0.2, 0.25) is 11.8 Å². The van der Waals surface area contributed by atoms with Crippen LogP contribution in [0.1, 0.15) is 39.5 Å². The molecular weight excluding hydrogens is 292 g/mol. The number of amides is 2. The van der Waals surface area contributed by atoms with Crippen molar-refractivity contribution in [1.29, 1.82) is 0 Å². The van der Waals surface area contributed by atoms with Crippen LogP contribution in [-0.4, -0.2) is 54.4 Å². The third kappa shape index (κ3) is 4.10. The van der Waals surface area contributed by atoms with E-state index in [1.54, 1.807) is 0 Å². The molecule has 21 heavy (non-hydrogen) atoms. The van der Waals surface area contributed by atoms with E-state index in [2.05, 4.69) is 5.32 Å². The number of nitrogens with one attached hydrogen (secondary N) is 1. The van der Waals surface area contributed by atoms with E-state index < -0.39 is 5.41 Å². The Labute approximate surface area is 131 Å². The molecular formula is C15H25ClN2O3. The Balaban J connectivity index is 1.78. The second kappa shape index (κ2) is 6.97. The lowest BCUT2D eigenvalue weighted by atomic mass is 9.92. The molecule has 6 heteroatoms. The Morgan fingerprint density at radius 1 is 1.29 bits per heavy atom. The molecule has 2 fully saturated rings. The monoisotopic (exact) mass is 316 g/mol. The first-order chi connectivity index (χ1) is 9.94. The van der Waals surface area contributed by atoms with Crippen molar-refractivity contribution < 1.29 is 14.3 Å². The fourth-order valence-electron chi connectivity index (χ4n) is 2.79. The van der Waals surface area contributed by atoms with Crippen LogP contribution < -0.4 is 5.32 Å². The van der Waals surface area contributed by atoms with E-state index in [4.69, 9.17) is 16.3 Å². The lowest BCUT2D eigenvalue weighted by molar-refractivity contribution is -0.140. The molecule has 0 aromatic carbocycles. The molecule has 0 aromatic heterocycles. The number of ether oxygens (including phenoxy) is 1. The maximum Gasteiger partial charge on any atom is 0.249 e. The van der Waals surface area contributed by atoms with Crippen molar-refractivity contribution in [1.82, 2.24) is 10.2 Å². The second-order valence-electron chi connectivity index (χ2n) is 6.59. The van der Waals surface area contributed by atoms with Gasteiger partial charge in [0.25, 0.3) is 0 Å². The van der Waals surface area contributed by atoms with Crippen LogP contribution in [0.5, 0.6) is 0 Å². The standard InChI is InChI=1S/C15H25ClN2O3/c1-15(2,10-16)14(20)18-7-5-11(6-8-18)17-13(19)12-4-3-9-21-12/h11-12H,3-10H2,1-2H3,(H,17,19). The quantitative estimate of drug-likeness (QED) is 0.800. The summed E-state index contributed by atoms with van der Waals surface area (Å²) in [6.07, 6.45) is 3.08. The summed E-state index contributed by atoms with van der Waals surface area (Å²) < 4.78 is 5.38. The van der Waals surface area contributed by atoms with Crippen LogP contribution in [0.15, 0.2) is 0 Å². The van der Waals surface area contributed by atoms with Gasteiger partial charge in [-0.3, -0.25) is 9.59 Å². The average Bonchev–Trinajstić information content (AvgIpc) is 3.01. The molecule has 0 radical (unpaired) electrons. The highest BCUT2D eigenvalue weighted by molar-refractivity contribution is 6.19. The molecule has 2 saturated heterocycles. The number of hydrogen-bond acceptors (Lipinski definition) is 3. The van der Waals surface area contributed by atoms with Crippen molar-refractivity contribution in [2.75, 3.05) is 25.6 Å². The van der Waals surface area contributed by atoms with Gasteiger partial charge in [-0.1, -0.05) is 0 Å². The summed E-state index contributed by atoms with van der Waals surface area (Å²) >= 11 is 5.86. The molecule has 0 aromatic rings. The van der Waals surface area contributed by atoms with Crippen molar-refractivity contribution in [2.24, 2.45) is 5.41 Å². The Kier molecular flexibility index (Phi) is 5.49. The summed E-state index contributed by atoms with van der Waals surface area (Å²) in [6, 6.07) is 0.143. The third-order valence-corrected chi connectivity index (χ3v) is 4.93. The van der Waals surface area contributed by atoms with E-state index in [0.717, 1.165) is 25.7 Å². The molecule has 1 unspecified atom stereocenters. The first-order valence-electron chi connectivity index (χ1n) is 7.71. The Morgan fingerprint density at radius 2 is 1.95 bits per heavy atom. The third-order valence-electron chi connectivity index (χ3n) is 4.26. The van der Waals surface area contributed by atoms with Gasteiger partial charge in [0, 0.05) is 31.6 Å². The number of likely N-dealkylation sites (tertiary alicyclic amines) is 1. The number of carbonyl (C=O) groups excluding carboxylic acids is 2. The predicted molar refractivity (Wildman–Crippen MR) is 81.2 cm³/mol.